The third-order valence-corrected chi connectivity index (χ3v) is 2.02. The Morgan fingerprint density at radius 2 is 1.69 bits per heavy atom. The monoisotopic (exact) mass is 226 g/mol. The van der Waals surface area contributed by atoms with Crippen molar-refractivity contribution >= 4 is 6.03 Å². The number of hydrogen-bond donors (Lipinski definition) is 1. The molecule has 94 valence electrons. The van der Waals surface area contributed by atoms with Crippen LogP contribution < -0.4 is 5.32 Å². The Balaban J connectivity index is 4.25. The second-order valence-electron chi connectivity index (χ2n) is 4.95. The molecule has 0 aromatic heterocycles. The van der Waals surface area contributed by atoms with Crippen LogP contribution in [-0.4, -0.2) is 24.0 Å². The van der Waals surface area contributed by atoms with Gasteiger partial charge in [-0.15, -0.1) is 0 Å². The van der Waals surface area contributed by atoms with Gasteiger partial charge in [0.15, 0.2) is 0 Å². The van der Waals surface area contributed by atoms with Crippen LogP contribution in [0.3, 0.4) is 0 Å². The summed E-state index contributed by atoms with van der Waals surface area (Å²) in [5.74, 6) is 0.999. The van der Waals surface area contributed by atoms with Gasteiger partial charge in [0.25, 0.3) is 0 Å². The minimum Gasteiger partial charge on any atom is -0.324 e. The van der Waals surface area contributed by atoms with E-state index < -0.39 is 0 Å². The molecule has 0 saturated carbocycles. The van der Waals surface area contributed by atoms with Crippen molar-refractivity contribution in [3.8, 4) is 0 Å². The zero-order valence-corrected chi connectivity index (χ0v) is 11.3. The lowest BCUT2D eigenvalue weighted by Gasteiger charge is -2.25. The summed E-state index contributed by atoms with van der Waals surface area (Å²) in [4.78, 5) is 13.7. The van der Waals surface area contributed by atoms with E-state index in [1.165, 1.54) is 0 Å². The molecule has 0 aliphatic heterocycles. The summed E-state index contributed by atoms with van der Waals surface area (Å²) in [7, 11) is 0. The molecule has 0 rings (SSSR count). The van der Waals surface area contributed by atoms with E-state index in [4.69, 9.17) is 0 Å². The molecular formula is C13H26N2O. The molecule has 3 nitrogen and oxygen atoms in total. The largest absolute Gasteiger partial charge is 0.324 e. The lowest BCUT2D eigenvalue weighted by Crippen LogP contribution is -2.41. The summed E-state index contributed by atoms with van der Waals surface area (Å²) < 4.78 is 0. The van der Waals surface area contributed by atoms with Crippen molar-refractivity contribution < 1.29 is 4.79 Å². The number of hydrogen-bond acceptors (Lipinski definition) is 1. The number of nitrogens with one attached hydrogen (secondary N) is 1. The zero-order chi connectivity index (χ0) is 12.6. The van der Waals surface area contributed by atoms with Crippen LogP contribution in [0.25, 0.3) is 0 Å². The first kappa shape index (κ1) is 15.0. The summed E-state index contributed by atoms with van der Waals surface area (Å²) in [6.07, 6.45) is 4.62. The van der Waals surface area contributed by atoms with E-state index in [1.54, 1.807) is 6.20 Å². The van der Waals surface area contributed by atoms with E-state index in [1.807, 2.05) is 17.9 Å². The molecule has 0 spiro atoms. The topological polar surface area (TPSA) is 32.3 Å². The highest BCUT2D eigenvalue weighted by molar-refractivity contribution is 5.75. The Hall–Kier alpha value is -0.990. The van der Waals surface area contributed by atoms with Crippen LogP contribution in [0.1, 0.15) is 41.0 Å². The third-order valence-electron chi connectivity index (χ3n) is 2.02. The maximum Gasteiger partial charge on any atom is 0.321 e. The molecule has 0 fully saturated rings. The van der Waals surface area contributed by atoms with Crippen molar-refractivity contribution in [1.82, 2.24) is 10.2 Å². The first-order valence-electron chi connectivity index (χ1n) is 6.17. The van der Waals surface area contributed by atoms with Crippen molar-refractivity contribution in [3.05, 3.63) is 12.3 Å². The number of amides is 2. The lowest BCUT2D eigenvalue weighted by atomic mass is 10.1. The van der Waals surface area contributed by atoms with Crippen LogP contribution in [0.15, 0.2) is 12.3 Å². The first-order chi connectivity index (χ1) is 7.47. The Labute approximate surface area is 99.9 Å². The quantitative estimate of drug-likeness (QED) is 0.741. The second kappa shape index (κ2) is 8.20. The molecule has 0 unspecified atom stereocenters. The van der Waals surface area contributed by atoms with Gasteiger partial charge in [-0.2, -0.15) is 0 Å². The van der Waals surface area contributed by atoms with Crippen LogP contribution >= 0.6 is 0 Å². The van der Waals surface area contributed by atoms with E-state index in [9.17, 15) is 4.79 Å². The van der Waals surface area contributed by atoms with Crippen LogP contribution in [-0.2, 0) is 0 Å². The van der Waals surface area contributed by atoms with E-state index in [0.717, 1.165) is 19.5 Å². The maximum atomic E-state index is 11.9. The molecule has 0 aliphatic carbocycles. The van der Waals surface area contributed by atoms with Crippen molar-refractivity contribution in [3.63, 3.8) is 0 Å². The summed E-state index contributed by atoms with van der Waals surface area (Å²) in [6.45, 7) is 12.2. The van der Waals surface area contributed by atoms with Crippen molar-refractivity contribution in [1.29, 1.82) is 0 Å². The standard InChI is InChI=1S/C13H26N2O/c1-6-7-8-14-13(16)15(9-11(2)3)10-12(4)5/h7-8,11-12H,6,9-10H2,1-5H3,(H,14,16)/b8-7+. The second-order valence-corrected chi connectivity index (χ2v) is 4.95. The zero-order valence-electron chi connectivity index (χ0n) is 11.3. The van der Waals surface area contributed by atoms with E-state index in [-0.39, 0.29) is 6.03 Å². The number of nitrogens with zero attached hydrogens (tertiary/aromatic N) is 1. The van der Waals surface area contributed by atoms with Gasteiger partial charge in [0.1, 0.15) is 0 Å². The van der Waals surface area contributed by atoms with Gasteiger partial charge in [-0.25, -0.2) is 4.79 Å². The Kier molecular flexibility index (Phi) is 7.69. The average Bonchev–Trinajstić information content (AvgIpc) is 2.15. The summed E-state index contributed by atoms with van der Waals surface area (Å²) in [6, 6.07) is 0.00657. The van der Waals surface area contributed by atoms with Crippen molar-refractivity contribution in [2.45, 2.75) is 41.0 Å². The number of urea groups is 1. The number of allylic oxidation sites excluding steroid dienone is 1. The molecule has 0 aliphatic rings. The van der Waals surface area contributed by atoms with Gasteiger partial charge >= 0.3 is 6.03 Å². The predicted octanol–water partition coefficient (Wildman–Crippen LogP) is 3.23. The molecule has 0 saturated heterocycles. The van der Waals surface area contributed by atoms with Crippen LogP contribution in [0.2, 0.25) is 0 Å². The molecule has 3 heteroatoms. The first-order valence-corrected chi connectivity index (χ1v) is 6.17. The third kappa shape index (κ3) is 7.32. The molecular weight excluding hydrogens is 200 g/mol. The number of carbonyl (C=O) groups is 1. The SMILES string of the molecule is CC/C=C/NC(=O)N(CC(C)C)CC(C)C. The fourth-order valence-electron chi connectivity index (χ4n) is 1.46. The van der Waals surface area contributed by atoms with E-state index >= 15 is 0 Å². The van der Waals surface area contributed by atoms with Gasteiger partial charge in [0.2, 0.25) is 0 Å². The van der Waals surface area contributed by atoms with Crippen LogP contribution in [0.4, 0.5) is 4.79 Å². The lowest BCUT2D eigenvalue weighted by molar-refractivity contribution is 0.187. The molecule has 0 aromatic rings. The predicted molar refractivity (Wildman–Crippen MR) is 69.2 cm³/mol. The minimum atomic E-state index is 0.00657. The highest BCUT2D eigenvalue weighted by atomic mass is 16.2. The molecule has 0 radical (unpaired) electrons. The minimum absolute atomic E-state index is 0.00657. The van der Waals surface area contributed by atoms with Gasteiger partial charge in [-0.1, -0.05) is 40.7 Å². The van der Waals surface area contributed by atoms with Gasteiger partial charge in [-0.05, 0) is 18.3 Å². The van der Waals surface area contributed by atoms with Crippen molar-refractivity contribution in [2.75, 3.05) is 13.1 Å². The molecule has 0 heterocycles. The smallest absolute Gasteiger partial charge is 0.321 e. The normalized spacial score (nSPS) is 11.4. The van der Waals surface area contributed by atoms with Gasteiger partial charge in [0.05, 0.1) is 0 Å². The molecule has 0 aromatic carbocycles. The molecule has 16 heavy (non-hydrogen) atoms. The molecule has 0 bridgehead atoms. The molecule has 2 amide bonds. The fourth-order valence-corrected chi connectivity index (χ4v) is 1.46. The number of carbonyl (C=O) groups excluding carboxylic acids is 1. The molecule has 0 atom stereocenters. The Morgan fingerprint density at radius 1 is 1.19 bits per heavy atom. The van der Waals surface area contributed by atoms with E-state index in [2.05, 4.69) is 33.0 Å². The van der Waals surface area contributed by atoms with Gasteiger partial charge < -0.3 is 10.2 Å². The molecule has 1 N–H and O–H groups in total. The Bertz CT molecular complexity index is 212. The highest BCUT2D eigenvalue weighted by Gasteiger charge is 2.14. The highest BCUT2D eigenvalue weighted by Crippen LogP contribution is 2.04. The average molecular weight is 226 g/mol. The van der Waals surface area contributed by atoms with Crippen LogP contribution in [0.5, 0.6) is 0 Å². The van der Waals surface area contributed by atoms with Gasteiger partial charge in [0, 0.05) is 19.3 Å². The fraction of sp³-hybridized carbons (Fsp3) is 0.769. The van der Waals surface area contributed by atoms with Crippen LogP contribution in [0, 0.1) is 11.8 Å². The maximum absolute atomic E-state index is 11.9. The van der Waals surface area contributed by atoms with Crippen molar-refractivity contribution in [2.24, 2.45) is 11.8 Å². The number of rotatable bonds is 6. The summed E-state index contributed by atoms with van der Waals surface area (Å²) in [5.41, 5.74) is 0. The summed E-state index contributed by atoms with van der Waals surface area (Å²) in [5, 5.41) is 2.80. The Morgan fingerprint density at radius 3 is 2.06 bits per heavy atom. The summed E-state index contributed by atoms with van der Waals surface area (Å²) >= 11 is 0. The van der Waals surface area contributed by atoms with E-state index in [0.29, 0.717) is 11.8 Å². The van der Waals surface area contributed by atoms with Gasteiger partial charge in [-0.3, -0.25) is 0 Å².